The number of hydrogen-bond donors (Lipinski definition) is 2. The molecule has 146 valence electrons. The Kier molecular flexibility index (Phi) is 6.72. The van der Waals surface area contributed by atoms with E-state index in [-0.39, 0.29) is 6.04 Å². The number of para-hydroxylation sites is 1. The summed E-state index contributed by atoms with van der Waals surface area (Å²) in [6.45, 7) is 0.351. The first kappa shape index (κ1) is 20.4. The number of thioether (sulfide) groups is 1. The van der Waals surface area contributed by atoms with Crippen LogP contribution in [0.25, 0.3) is 10.1 Å². The minimum Gasteiger partial charge on any atom is -0.346 e. The Labute approximate surface area is 173 Å². The highest BCUT2D eigenvalue weighted by Gasteiger charge is 2.21. The van der Waals surface area contributed by atoms with Crippen LogP contribution >= 0.6 is 23.1 Å². The number of likely N-dealkylation sites (N-methyl/N-ethyl adjacent to an activating group) is 1. The number of nitrogens with zero attached hydrogens (tertiary/aromatic N) is 1. The van der Waals surface area contributed by atoms with Crippen molar-refractivity contribution in [2.75, 3.05) is 32.2 Å². The van der Waals surface area contributed by atoms with Crippen LogP contribution in [0.5, 0.6) is 0 Å². The predicted octanol–water partition coefficient (Wildman–Crippen LogP) is 3.98. The average Bonchev–Trinajstić information content (AvgIpc) is 3.12. The molecule has 2 N–H and O–H groups in total. The lowest BCUT2D eigenvalue weighted by Crippen LogP contribution is -2.40. The SMILES string of the molecule is CSc1ccccc1NC(=O)C(=O)NC[C@@H](c1csc2ccccc12)N(C)C. The summed E-state index contributed by atoms with van der Waals surface area (Å²) in [7, 11) is 3.94. The minimum atomic E-state index is -0.658. The lowest BCUT2D eigenvalue weighted by atomic mass is 10.0. The molecule has 0 unspecified atom stereocenters. The van der Waals surface area contributed by atoms with E-state index in [1.165, 1.54) is 21.8 Å². The van der Waals surface area contributed by atoms with Crippen molar-refractivity contribution in [2.24, 2.45) is 0 Å². The lowest BCUT2D eigenvalue weighted by Gasteiger charge is -2.24. The van der Waals surface area contributed by atoms with Crippen LogP contribution in [-0.2, 0) is 9.59 Å². The standard InChI is InChI=1S/C21H23N3O2S2/c1-24(2)17(15-13-28-18-10-6-4-8-14(15)18)12-22-20(25)21(26)23-16-9-5-7-11-19(16)27-3/h4-11,13,17H,12H2,1-3H3,(H,22,25)(H,23,26)/t17-/m0/s1. The second kappa shape index (κ2) is 9.23. The summed E-state index contributed by atoms with van der Waals surface area (Å²) in [5.41, 5.74) is 1.79. The summed E-state index contributed by atoms with van der Waals surface area (Å²) in [5.74, 6) is -1.29. The van der Waals surface area contributed by atoms with Gasteiger partial charge in [-0.25, -0.2) is 0 Å². The molecule has 3 aromatic rings. The zero-order chi connectivity index (χ0) is 20.1. The topological polar surface area (TPSA) is 61.4 Å². The number of carbonyl (C=O) groups excluding carboxylic acids is 2. The van der Waals surface area contributed by atoms with Gasteiger partial charge in [0.2, 0.25) is 0 Å². The molecule has 0 saturated heterocycles. The first-order chi connectivity index (χ1) is 13.5. The third kappa shape index (κ3) is 4.55. The van der Waals surface area contributed by atoms with Gasteiger partial charge in [0.15, 0.2) is 0 Å². The Morgan fingerprint density at radius 2 is 1.79 bits per heavy atom. The van der Waals surface area contributed by atoms with Gasteiger partial charge in [0, 0.05) is 16.1 Å². The molecule has 0 aliphatic rings. The maximum atomic E-state index is 12.4. The maximum absolute atomic E-state index is 12.4. The fraction of sp³-hybridized carbons (Fsp3) is 0.238. The summed E-state index contributed by atoms with van der Waals surface area (Å²) in [6, 6.07) is 15.6. The van der Waals surface area contributed by atoms with E-state index in [0.717, 1.165) is 10.5 Å². The van der Waals surface area contributed by atoms with Gasteiger partial charge >= 0.3 is 11.8 Å². The number of carbonyl (C=O) groups is 2. The van der Waals surface area contributed by atoms with Crippen molar-refractivity contribution in [3.63, 3.8) is 0 Å². The molecule has 0 aliphatic heterocycles. The number of hydrogen-bond acceptors (Lipinski definition) is 5. The van der Waals surface area contributed by atoms with Crippen molar-refractivity contribution in [1.82, 2.24) is 10.2 Å². The summed E-state index contributed by atoms with van der Waals surface area (Å²) >= 11 is 3.20. The molecule has 0 spiro atoms. The Hall–Kier alpha value is -2.35. The Morgan fingerprint density at radius 3 is 2.54 bits per heavy atom. The van der Waals surface area contributed by atoms with Crippen molar-refractivity contribution in [2.45, 2.75) is 10.9 Å². The van der Waals surface area contributed by atoms with Crippen LogP contribution in [0.1, 0.15) is 11.6 Å². The molecule has 28 heavy (non-hydrogen) atoms. The molecule has 3 rings (SSSR count). The molecular formula is C21H23N3O2S2. The third-order valence-electron chi connectivity index (χ3n) is 4.51. The van der Waals surface area contributed by atoms with Crippen LogP contribution in [0, 0.1) is 0 Å². The summed E-state index contributed by atoms with van der Waals surface area (Å²) in [4.78, 5) is 27.6. The predicted molar refractivity (Wildman–Crippen MR) is 118 cm³/mol. The third-order valence-corrected chi connectivity index (χ3v) is 6.29. The minimum absolute atomic E-state index is 0.0219. The number of amides is 2. The molecule has 2 aromatic carbocycles. The molecule has 5 nitrogen and oxygen atoms in total. The normalized spacial score (nSPS) is 12.1. The molecule has 1 heterocycles. The fourth-order valence-corrected chi connectivity index (χ4v) is 4.59. The van der Waals surface area contributed by atoms with E-state index >= 15 is 0 Å². The van der Waals surface area contributed by atoms with Gasteiger partial charge < -0.3 is 15.5 Å². The maximum Gasteiger partial charge on any atom is 0.313 e. The molecule has 0 radical (unpaired) electrons. The van der Waals surface area contributed by atoms with Gasteiger partial charge in [-0.1, -0.05) is 30.3 Å². The molecular weight excluding hydrogens is 390 g/mol. The number of nitrogens with one attached hydrogen (secondary N) is 2. The highest BCUT2D eigenvalue weighted by Crippen LogP contribution is 2.32. The van der Waals surface area contributed by atoms with Crippen molar-refractivity contribution >= 4 is 50.7 Å². The first-order valence-corrected chi connectivity index (χ1v) is 11.0. The largest absolute Gasteiger partial charge is 0.346 e. The van der Waals surface area contributed by atoms with Gasteiger partial charge in [-0.3, -0.25) is 9.59 Å². The molecule has 7 heteroatoms. The van der Waals surface area contributed by atoms with E-state index in [2.05, 4.69) is 33.0 Å². The fourth-order valence-electron chi connectivity index (χ4n) is 3.02. The van der Waals surface area contributed by atoms with Gasteiger partial charge in [0.1, 0.15) is 0 Å². The monoisotopic (exact) mass is 413 g/mol. The molecule has 1 aromatic heterocycles. The Morgan fingerprint density at radius 1 is 1.07 bits per heavy atom. The van der Waals surface area contributed by atoms with Gasteiger partial charge in [-0.05, 0) is 54.9 Å². The Bertz CT molecular complexity index is 984. The number of anilines is 1. The molecule has 0 saturated carbocycles. The smallest absolute Gasteiger partial charge is 0.313 e. The average molecular weight is 414 g/mol. The van der Waals surface area contributed by atoms with Crippen LogP contribution in [0.15, 0.2) is 58.8 Å². The van der Waals surface area contributed by atoms with Gasteiger partial charge in [0.05, 0.1) is 11.7 Å². The van der Waals surface area contributed by atoms with Crippen molar-refractivity contribution in [3.05, 3.63) is 59.5 Å². The highest BCUT2D eigenvalue weighted by molar-refractivity contribution is 7.98. The number of thiophene rings is 1. The van der Waals surface area contributed by atoms with Crippen LogP contribution in [0.3, 0.4) is 0 Å². The highest BCUT2D eigenvalue weighted by atomic mass is 32.2. The van der Waals surface area contributed by atoms with Crippen LogP contribution in [0.4, 0.5) is 5.69 Å². The van der Waals surface area contributed by atoms with Crippen molar-refractivity contribution in [1.29, 1.82) is 0 Å². The first-order valence-electron chi connectivity index (χ1n) is 8.86. The molecule has 0 bridgehead atoms. The van der Waals surface area contributed by atoms with Crippen molar-refractivity contribution < 1.29 is 9.59 Å². The zero-order valence-electron chi connectivity index (χ0n) is 16.1. The van der Waals surface area contributed by atoms with E-state index in [1.54, 1.807) is 17.4 Å². The summed E-state index contributed by atoms with van der Waals surface area (Å²) in [5, 5.41) is 8.78. The van der Waals surface area contributed by atoms with Gasteiger partial charge in [-0.2, -0.15) is 0 Å². The summed E-state index contributed by atoms with van der Waals surface area (Å²) < 4.78 is 1.21. The Balaban J connectivity index is 1.68. The van der Waals surface area contributed by atoms with Gasteiger partial charge in [0.25, 0.3) is 0 Å². The molecule has 1 atom stereocenters. The quantitative estimate of drug-likeness (QED) is 0.474. The second-order valence-corrected chi connectivity index (χ2v) is 8.29. The van der Waals surface area contributed by atoms with E-state index in [0.29, 0.717) is 12.2 Å². The van der Waals surface area contributed by atoms with Crippen molar-refractivity contribution in [3.8, 4) is 0 Å². The van der Waals surface area contributed by atoms with Gasteiger partial charge in [-0.15, -0.1) is 23.1 Å². The second-order valence-electron chi connectivity index (χ2n) is 6.53. The van der Waals surface area contributed by atoms with E-state index < -0.39 is 11.8 Å². The zero-order valence-corrected chi connectivity index (χ0v) is 17.7. The van der Waals surface area contributed by atoms with E-state index in [1.807, 2.05) is 50.7 Å². The lowest BCUT2D eigenvalue weighted by molar-refractivity contribution is -0.136. The van der Waals surface area contributed by atoms with E-state index in [9.17, 15) is 9.59 Å². The number of rotatable bonds is 6. The number of fused-ring (bicyclic) bond motifs is 1. The summed E-state index contributed by atoms with van der Waals surface area (Å²) in [6.07, 6.45) is 1.93. The van der Waals surface area contributed by atoms with Crippen LogP contribution in [0.2, 0.25) is 0 Å². The van der Waals surface area contributed by atoms with Crippen LogP contribution < -0.4 is 10.6 Å². The number of benzene rings is 2. The molecule has 2 amide bonds. The molecule has 0 fully saturated rings. The van der Waals surface area contributed by atoms with Crippen LogP contribution in [-0.4, -0.2) is 43.6 Å². The molecule has 0 aliphatic carbocycles. The van der Waals surface area contributed by atoms with E-state index in [4.69, 9.17) is 0 Å².